The van der Waals surface area contributed by atoms with E-state index in [9.17, 15) is 4.79 Å². The van der Waals surface area contributed by atoms with Crippen LogP contribution in [0.3, 0.4) is 0 Å². The van der Waals surface area contributed by atoms with Gasteiger partial charge in [0.15, 0.2) is 0 Å². The van der Waals surface area contributed by atoms with Gasteiger partial charge in [-0.15, -0.1) is 11.3 Å². The summed E-state index contributed by atoms with van der Waals surface area (Å²) >= 11 is 1.71. The van der Waals surface area contributed by atoms with Crippen LogP contribution in [0.5, 0.6) is 0 Å². The lowest BCUT2D eigenvalue weighted by molar-refractivity contribution is -0.135. The maximum Gasteiger partial charge on any atom is 0.241 e. The summed E-state index contributed by atoms with van der Waals surface area (Å²) in [5.74, 6) is 0.532. The molecule has 0 aromatic carbocycles. The fraction of sp³-hybridized carbons (Fsp3) is 0.688. The van der Waals surface area contributed by atoms with Crippen LogP contribution >= 0.6 is 11.3 Å². The second kappa shape index (κ2) is 6.07. The van der Waals surface area contributed by atoms with Gasteiger partial charge in [-0.05, 0) is 36.6 Å². The monoisotopic (exact) mass is 308 g/mol. The van der Waals surface area contributed by atoms with Gasteiger partial charge in [-0.3, -0.25) is 10.1 Å². The van der Waals surface area contributed by atoms with Crippen LogP contribution in [0.15, 0.2) is 17.5 Å². The van der Waals surface area contributed by atoms with Crippen LogP contribution < -0.4 is 5.32 Å². The lowest BCUT2D eigenvalue weighted by Gasteiger charge is -2.33. The van der Waals surface area contributed by atoms with E-state index in [0.717, 1.165) is 19.3 Å². The van der Waals surface area contributed by atoms with Crippen molar-refractivity contribution in [3.63, 3.8) is 0 Å². The Balaban J connectivity index is 1.91. The number of hydrogen-bond acceptors (Lipinski definition) is 4. The van der Waals surface area contributed by atoms with Gasteiger partial charge >= 0.3 is 0 Å². The Labute approximate surface area is 130 Å². The van der Waals surface area contributed by atoms with Crippen molar-refractivity contribution in [2.45, 2.75) is 57.5 Å². The van der Waals surface area contributed by atoms with Gasteiger partial charge in [0.1, 0.15) is 6.17 Å². The summed E-state index contributed by atoms with van der Waals surface area (Å²) in [5.41, 5.74) is 0. The summed E-state index contributed by atoms with van der Waals surface area (Å²) in [5, 5.41) is 5.62. The van der Waals surface area contributed by atoms with Crippen molar-refractivity contribution in [3.05, 3.63) is 22.4 Å². The Morgan fingerprint density at radius 1 is 1.43 bits per heavy atom. The topological polar surface area (TPSA) is 41.6 Å². The van der Waals surface area contributed by atoms with E-state index in [4.69, 9.17) is 4.74 Å². The van der Waals surface area contributed by atoms with Crippen LogP contribution in [0.1, 0.15) is 44.2 Å². The molecule has 116 valence electrons. The third-order valence-electron chi connectivity index (χ3n) is 4.69. The molecule has 3 rings (SSSR count). The Hall–Kier alpha value is -0.910. The molecule has 1 aromatic heterocycles. The molecule has 1 aliphatic heterocycles. The highest BCUT2D eigenvalue weighted by atomic mass is 32.1. The molecule has 1 aromatic rings. The van der Waals surface area contributed by atoms with Gasteiger partial charge in [0.25, 0.3) is 0 Å². The Kier molecular flexibility index (Phi) is 4.33. The van der Waals surface area contributed by atoms with Crippen molar-refractivity contribution in [1.29, 1.82) is 0 Å². The van der Waals surface area contributed by atoms with E-state index in [0.29, 0.717) is 5.92 Å². The molecule has 4 atom stereocenters. The molecule has 1 N–H and O–H groups in total. The van der Waals surface area contributed by atoms with Gasteiger partial charge in [-0.1, -0.05) is 19.9 Å². The summed E-state index contributed by atoms with van der Waals surface area (Å²) in [6.45, 7) is 4.21. The highest BCUT2D eigenvalue weighted by Gasteiger charge is 2.47. The third-order valence-corrected chi connectivity index (χ3v) is 5.62. The molecule has 2 fully saturated rings. The number of hydrogen-bond donors (Lipinski definition) is 1. The highest BCUT2D eigenvalue weighted by Crippen LogP contribution is 2.37. The van der Waals surface area contributed by atoms with E-state index in [1.54, 1.807) is 18.4 Å². The molecule has 2 heterocycles. The van der Waals surface area contributed by atoms with E-state index in [-0.39, 0.29) is 30.3 Å². The van der Waals surface area contributed by atoms with Crippen molar-refractivity contribution in [2.75, 3.05) is 7.11 Å². The number of carbonyl (C=O) groups is 1. The first-order valence-corrected chi connectivity index (χ1v) is 8.66. The predicted octanol–water partition coefficient (Wildman–Crippen LogP) is 2.77. The molecule has 1 saturated heterocycles. The molecule has 1 saturated carbocycles. The summed E-state index contributed by atoms with van der Waals surface area (Å²) in [7, 11) is 1.76. The number of ether oxygens (including phenoxy) is 1. The zero-order valence-corrected chi connectivity index (χ0v) is 13.7. The smallest absolute Gasteiger partial charge is 0.241 e. The predicted molar refractivity (Wildman–Crippen MR) is 84.1 cm³/mol. The van der Waals surface area contributed by atoms with Crippen LogP contribution in [0.25, 0.3) is 0 Å². The number of nitrogens with zero attached hydrogens (tertiary/aromatic N) is 1. The molecule has 4 unspecified atom stereocenters. The quantitative estimate of drug-likeness (QED) is 0.930. The van der Waals surface area contributed by atoms with Crippen molar-refractivity contribution in [1.82, 2.24) is 10.2 Å². The van der Waals surface area contributed by atoms with Crippen molar-refractivity contribution < 1.29 is 9.53 Å². The van der Waals surface area contributed by atoms with Gasteiger partial charge in [0, 0.05) is 12.0 Å². The minimum Gasteiger partial charge on any atom is -0.379 e. The molecular weight excluding hydrogens is 284 g/mol. The van der Waals surface area contributed by atoms with E-state index in [2.05, 4.69) is 41.6 Å². The Bertz CT molecular complexity index is 488. The number of thiophene rings is 1. The molecule has 21 heavy (non-hydrogen) atoms. The average Bonchev–Trinajstić information content (AvgIpc) is 3.16. The fourth-order valence-electron chi connectivity index (χ4n) is 3.61. The van der Waals surface area contributed by atoms with Crippen molar-refractivity contribution in [3.8, 4) is 0 Å². The normalized spacial score (nSPS) is 33.3. The van der Waals surface area contributed by atoms with Gasteiger partial charge in [0.2, 0.25) is 5.91 Å². The lowest BCUT2D eigenvalue weighted by Crippen LogP contribution is -2.45. The summed E-state index contributed by atoms with van der Waals surface area (Å²) in [6.07, 6.45) is 3.40. The first kappa shape index (κ1) is 15.0. The minimum atomic E-state index is -0.0878. The maximum atomic E-state index is 12.9. The van der Waals surface area contributed by atoms with Crippen LogP contribution in [0.2, 0.25) is 0 Å². The lowest BCUT2D eigenvalue weighted by atomic mass is 10.0. The van der Waals surface area contributed by atoms with Crippen molar-refractivity contribution in [2.24, 2.45) is 5.92 Å². The van der Waals surface area contributed by atoms with E-state index in [1.807, 2.05) is 0 Å². The molecule has 1 amide bonds. The van der Waals surface area contributed by atoms with Crippen LogP contribution in [-0.2, 0) is 9.53 Å². The minimum absolute atomic E-state index is 0.00523. The van der Waals surface area contributed by atoms with Crippen molar-refractivity contribution >= 4 is 17.2 Å². The third kappa shape index (κ3) is 2.62. The van der Waals surface area contributed by atoms with Crippen LogP contribution in [0, 0.1) is 5.92 Å². The highest BCUT2D eigenvalue weighted by molar-refractivity contribution is 7.10. The number of nitrogens with one attached hydrogen (secondary N) is 1. The van der Waals surface area contributed by atoms with Gasteiger partial charge in [-0.25, -0.2) is 0 Å². The molecule has 5 heteroatoms. The van der Waals surface area contributed by atoms with Crippen LogP contribution in [0.4, 0.5) is 0 Å². The molecule has 2 aliphatic rings. The molecule has 0 spiro atoms. The first-order chi connectivity index (χ1) is 10.1. The van der Waals surface area contributed by atoms with Gasteiger partial charge in [0.05, 0.1) is 18.2 Å². The van der Waals surface area contributed by atoms with Gasteiger partial charge < -0.3 is 9.64 Å². The fourth-order valence-corrected chi connectivity index (χ4v) is 4.39. The zero-order valence-electron chi connectivity index (χ0n) is 12.9. The number of rotatable bonds is 4. The zero-order chi connectivity index (χ0) is 15.0. The van der Waals surface area contributed by atoms with Crippen LogP contribution in [-0.4, -0.2) is 36.1 Å². The molecule has 0 bridgehead atoms. The second-order valence-corrected chi connectivity index (χ2v) is 7.30. The first-order valence-electron chi connectivity index (χ1n) is 7.78. The average molecular weight is 308 g/mol. The summed E-state index contributed by atoms with van der Waals surface area (Å²) in [6, 6.07) is 4.28. The second-order valence-electron chi connectivity index (χ2n) is 6.32. The molecule has 0 radical (unpaired) electrons. The van der Waals surface area contributed by atoms with Gasteiger partial charge in [-0.2, -0.15) is 0 Å². The number of carbonyl (C=O) groups excluding carboxylic acids is 1. The molecule has 4 nitrogen and oxygen atoms in total. The molecule has 1 aliphatic carbocycles. The number of methoxy groups -OCH3 is 1. The van der Waals surface area contributed by atoms with E-state index < -0.39 is 0 Å². The standard InChI is InChI=1S/C16H24N2O2S/c1-10(2)14-16(19)18(11-6-4-7-12(11)20-3)15(17-14)13-8-5-9-21-13/h5,8-12,14-15,17H,4,6-7H2,1-3H3. The number of amides is 1. The maximum absolute atomic E-state index is 12.9. The van der Waals surface area contributed by atoms with E-state index in [1.165, 1.54) is 4.88 Å². The largest absolute Gasteiger partial charge is 0.379 e. The summed E-state index contributed by atoms with van der Waals surface area (Å²) in [4.78, 5) is 16.2. The SMILES string of the molecule is COC1CCCC1N1C(=O)C(C(C)C)NC1c1cccs1. The molecular formula is C16H24N2O2S. The summed E-state index contributed by atoms with van der Waals surface area (Å²) < 4.78 is 5.63. The van der Waals surface area contributed by atoms with E-state index >= 15 is 0 Å². The Morgan fingerprint density at radius 3 is 2.86 bits per heavy atom. The Morgan fingerprint density at radius 2 is 2.24 bits per heavy atom.